The Balaban J connectivity index is 1.70. The summed E-state index contributed by atoms with van der Waals surface area (Å²) in [4.78, 5) is 19.5. The lowest BCUT2D eigenvalue weighted by atomic mass is 9.95. The Kier molecular flexibility index (Phi) is 7.05. The maximum atomic E-state index is 11.9. The molecule has 0 bridgehead atoms. The predicted molar refractivity (Wildman–Crippen MR) is 96.8 cm³/mol. The first kappa shape index (κ1) is 18.9. The van der Waals surface area contributed by atoms with Crippen LogP contribution < -0.4 is 0 Å². The summed E-state index contributed by atoms with van der Waals surface area (Å²) in [5, 5.41) is 0. The molecule has 2 fully saturated rings. The van der Waals surface area contributed by atoms with Gasteiger partial charge in [0, 0.05) is 44.2 Å². The lowest BCUT2D eigenvalue weighted by Crippen LogP contribution is -2.55. The van der Waals surface area contributed by atoms with Gasteiger partial charge in [-0.05, 0) is 52.6 Å². The fraction of sp³-hybridized carbons (Fsp3) is 0.947. The quantitative estimate of drug-likeness (QED) is 0.750. The van der Waals surface area contributed by atoms with Crippen molar-refractivity contribution in [2.24, 2.45) is 11.8 Å². The van der Waals surface area contributed by atoms with Crippen molar-refractivity contribution < 1.29 is 4.79 Å². The van der Waals surface area contributed by atoms with E-state index in [0.29, 0.717) is 24.4 Å². The van der Waals surface area contributed by atoms with Crippen LogP contribution in [0.4, 0.5) is 0 Å². The molecule has 2 aliphatic rings. The van der Waals surface area contributed by atoms with E-state index in [-0.39, 0.29) is 5.92 Å². The molecule has 0 unspecified atom stereocenters. The first-order valence-electron chi connectivity index (χ1n) is 9.60. The molecular formula is C19H37N3O. The van der Waals surface area contributed by atoms with E-state index in [1.807, 2.05) is 13.8 Å². The highest BCUT2D eigenvalue weighted by Crippen LogP contribution is 2.21. The van der Waals surface area contributed by atoms with E-state index >= 15 is 0 Å². The third-order valence-electron chi connectivity index (χ3n) is 5.67. The van der Waals surface area contributed by atoms with Crippen molar-refractivity contribution in [3.05, 3.63) is 0 Å². The normalized spacial score (nSPS) is 26.3. The van der Waals surface area contributed by atoms with Crippen molar-refractivity contribution in [2.45, 2.75) is 59.5 Å². The fourth-order valence-corrected chi connectivity index (χ4v) is 4.08. The topological polar surface area (TPSA) is 26.8 Å². The van der Waals surface area contributed by atoms with Crippen molar-refractivity contribution in [2.75, 3.05) is 45.8 Å². The van der Waals surface area contributed by atoms with Gasteiger partial charge in [-0.25, -0.2) is 0 Å². The van der Waals surface area contributed by atoms with Crippen molar-refractivity contribution in [1.82, 2.24) is 14.7 Å². The van der Waals surface area contributed by atoms with Crippen molar-refractivity contribution >= 4 is 5.78 Å². The van der Waals surface area contributed by atoms with E-state index in [9.17, 15) is 4.79 Å². The van der Waals surface area contributed by atoms with Crippen LogP contribution in [0, 0.1) is 11.8 Å². The maximum absolute atomic E-state index is 11.9. The zero-order valence-corrected chi connectivity index (χ0v) is 15.9. The highest BCUT2D eigenvalue weighted by Gasteiger charge is 2.28. The molecule has 0 aromatic carbocycles. The molecule has 2 heterocycles. The van der Waals surface area contributed by atoms with E-state index in [4.69, 9.17) is 0 Å². The van der Waals surface area contributed by atoms with Crippen LogP contribution in [0.1, 0.15) is 47.5 Å². The molecule has 2 rings (SSSR count). The minimum absolute atomic E-state index is 0.173. The molecule has 134 valence electrons. The zero-order valence-electron chi connectivity index (χ0n) is 15.9. The van der Waals surface area contributed by atoms with Crippen molar-refractivity contribution in [1.29, 1.82) is 0 Å². The highest BCUT2D eigenvalue weighted by molar-refractivity contribution is 5.82. The average Bonchev–Trinajstić information content (AvgIpc) is 2.48. The molecule has 4 heteroatoms. The molecule has 0 radical (unpaired) electrons. The summed E-state index contributed by atoms with van der Waals surface area (Å²) >= 11 is 0. The molecule has 0 aliphatic carbocycles. The zero-order chi connectivity index (χ0) is 17.0. The molecule has 0 spiro atoms. The second kappa shape index (κ2) is 8.59. The molecule has 0 aromatic rings. The number of hydrogen-bond donors (Lipinski definition) is 0. The van der Waals surface area contributed by atoms with Gasteiger partial charge in [0.25, 0.3) is 0 Å². The van der Waals surface area contributed by atoms with Crippen LogP contribution in [0.2, 0.25) is 0 Å². The predicted octanol–water partition coefficient (Wildman–Crippen LogP) is 2.34. The molecule has 2 saturated heterocycles. The third-order valence-corrected chi connectivity index (χ3v) is 5.67. The van der Waals surface area contributed by atoms with Gasteiger partial charge in [0.1, 0.15) is 5.78 Å². The van der Waals surface area contributed by atoms with Gasteiger partial charge in [-0.2, -0.15) is 0 Å². The van der Waals surface area contributed by atoms with Crippen molar-refractivity contribution in [3.63, 3.8) is 0 Å². The number of carbonyl (C=O) groups excluding carboxylic acids is 1. The second-order valence-electron chi connectivity index (χ2n) is 8.28. The lowest BCUT2D eigenvalue weighted by molar-refractivity contribution is -0.123. The Morgan fingerprint density at radius 3 is 2.17 bits per heavy atom. The summed E-state index contributed by atoms with van der Waals surface area (Å²) in [7, 11) is 0. The number of nitrogens with zero attached hydrogens (tertiary/aromatic N) is 3. The van der Waals surface area contributed by atoms with Gasteiger partial charge in [0.2, 0.25) is 0 Å². The minimum atomic E-state index is 0.173. The Labute approximate surface area is 143 Å². The van der Waals surface area contributed by atoms with Gasteiger partial charge in [0.15, 0.2) is 0 Å². The Bertz CT molecular complexity index is 375. The van der Waals surface area contributed by atoms with Crippen LogP contribution in [0.5, 0.6) is 0 Å². The van der Waals surface area contributed by atoms with Gasteiger partial charge >= 0.3 is 0 Å². The monoisotopic (exact) mass is 323 g/mol. The molecule has 0 amide bonds. The third kappa shape index (κ3) is 5.54. The molecule has 0 aromatic heterocycles. The van der Waals surface area contributed by atoms with Crippen LogP contribution in [0.3, 0.4) is 0 Å². The van der Waals surface area contributed by atoms with Gasteiger partial charge in [-0.1, -0.05) is 13.8 Å². The van der Waals surface area contributed by atoms with E-state index in [1.165, 1.54) is 39.0 Å². The molecule has 23 heavy (non-hydrogen) atoms. The van der Waals surface area contributed by atoms with Crippen LogP contribution in [-0.2, 0) is 4.79 Å². The summed E-state index contributed by atoms with van der Waals surface area (Å²) in [6.07, 6.45) is 2.51. The first-order chi connectivity index (χ1) is 10.9. The number of rotatable bonds is 6. The van der Waals surface area contributed by atoms with Crippen LogP contribution in [0.15, 0.2) is 0 Å². The molecule has 0 N–H and O–H groups in total. The number of hydrogen-bond acceptors (Lipinski definition) is 4. The Morgan fingerprint density at radius 2 is 1.65 bits per heavy atom. The lowest BCUT2D eigenvalue weighted by Gasteiger charge is -2.44. The van der Waals surface area contributed by atoms with Gasteiger partial charge < -0.3 is 4.90 Å². The Morgan fingerprint density at radius 1 is 1.00 bits per heavy atom. The number of piperidine rings is 1. The number of Topliss-reactive ketones (excluding diaryl/α,β-unsaturated/α-hetero) is 1. The van der Waals surface area contributed by atoms with Crippen LogP contribution in [0.25, 0.3) is 0 Å². The summed E-state index contributed by atoms with van der Waals surface area (Å²) in [6.45, 7) is 18.7. The molecule has 4 nitrogen and oxygen atoms in total. The minimum Gasteiger partial charge on any atom is -0.300 e. The number of piperazine rings is 1. The second-order valence-corrected chi connectivity index (χ2v) is 8.28. The standard InChI is InChI=1S/C19H37N3O/c1-15(2)19(23)14-20-8-6-18(7-9-20)13-21-10-11-22(16(3)4)17(5)12-21/h15-18H,6-14H2,1-5H3/t17-/m1/s1. The van der Waals surface area contributed by atoms with E-state index in [2.05, 4.69) is 35.5 Å². The average molecular weight is 324 g/mol. The molecule has 1 atom stereocenters. The Hall–Kier alpha value is -0.450. The summed E-state index contributed by atoms with van der Waals surface area (Å²) in [5.74, 6) is 1.38. The van der Waals surface area contributed by atoms with Gasteiger partial charge in [-0.15, -0.1) is 0 Å². The SMILES string of the molecule is CC(C)C(=O)CN1CCC(CN2CCN(C(C)C)[C@H](C)C2)CC1. The summed E-state index contributed by atoms with van der Waals surface area (Å²) in [6, 6.07) is 1.33. The highest BCUT2D eigenvalue weighted by atomic mass is 16.1. The van der Waals surface area contributed by atoms with Gasteiger partial charge in [-0.3, -0.25) is 14.6 Å². The van der Waals surface area contributed by atoms with Crippen LogP contribution in [-0.4, -0.2) is 78.4 Å². The summed E-state index contributed by atoms with van der Waals surface area (Å²) in [5.41, 5.74) is 0. The number of carbonyl (C=O) groups is 1. The smallest absolute Gasteiger partial charge is 0.149 e. The first-order valence-corrected chi connectivity index (χ1v) is 9.60. The van der Waals surface area contributed by atoms with E-state index < -0.39 is 0 Å². The molecular weight excluding hydrogens is 286 g/mol. The molecule has 2 aliphatic heterocycles. The number of ketones is 1. The fourth-order valence-electron chi connectivity index (χ4n) is 4.08. The van der Waals surface area contributed by atoms with E-state index in [0.717, 1.165) is 19.0 Å². The number of likely N-dealkylation sites (tertiary alicyclic amines) is 1. The van der Waals surface area contributed by atoms with Crippen molar-refractivity contribution in [3.8, 4) is 0 Å². The molecule has 0 saturated carbocycles. The largest absolute Gasteiger partial charge is 0.300 e. The summed E-state index contributed by atoms with van der Waals surface area (Å²) < 4.78 is 0. The van der Waals surface area contributed by atoms with Crippen LogP contribution >= 0.6 is 0 Å². The van der Waals surface area contributed by atoms with Gasteiger partial charge in [0.05, 0.1) is 6.54 Å². The maximum Gasteiger partial charge on any atom is 0.149 e. The van der Waals surface area contributed by atoms with E-state index in [1.54, 1.807) is 0 Å².